The summed E-state index contributed by atoms with van der Waals surface area (Å²) >= 11 is 0. The highest BCUT2D eigenvalue weighted by Gasteiger charge is 2.40. The van der Waals surface area contributed by atoms with E-state index in [0.29, 0.717) is 6.61 Å². The van der Waals surface area contributed by atoms with Gasteiger partial charge in [-0.15, -0.1) is 0 Å². The summed E-state index contributed by atoms with van der Waals surface area (Å²) in [6.07, 6.45) is 0. The molecule has 0 saturated heterocycles. The van der Waals surface area contributed by atoms with E-state index >= 15 is 0 Å². The molecule has 0 aromatic heterocycles. The maximum Gasteiger partial charge on any atom is 0.438 e. The molecular formula is C14H15O2Si. The van der Waals surface area contributed by atoms with Crippen molar-refractivity contribution >= 4 is 18.9 Å². The Bertz CT molecular complexity index is 417. The molecule has 17 heavy (non-hydrogen) atoms. The maximum absolute atomic E-state index is 13.0. The van der Waals surface area contributed by atoms with E-state index in [1.54, 1.807) is 0 Å². The van der Waals surface area contributed by atoms with E-state index in [1.807, 2.05) is 67.6 Å². The third-order valence-corrected chi connectivity index (χ3v) is 5.54. The molecule has 3 heteroatoms. The van der Waals surface area contributed by atoms with Gasteiger partial charge < -0.3 is 4.43 Å². The van der Waals surface area contributed by atoms with Crippen molar-refractivity contribution in [2.45, 2.75) is 6.92 Å². The van der Waals surface area contributed by atoms with Crippen molar-refractivity contribution in [3.8, 4) is 0 Å². The second-order valence-electron chi connectivity index (χ2n) is 3.78. The minimum atomic E-state index is -3.25. The number of rotatable bonds is 4. The molecule has 0 bridgehead atoms. The molecule has 2 aromatic carbocycles. The Morgan fingerprint density at radius 1 is 0.882 bits per heavy atom. The summed E-state index contributed by atoms with van der Waals surface area (Å²) in [5, 5.41) is 1.54. The van der Waals surface area contributed by atoms with Crippen LogP contribution in [0.2, 0.25) is 0 Å². The van der Waals surface area contributed by atoms with Crippen molar-refractivity contribution in [3.63, 3.8) is 0 Å². The van der Waals surface area contributed by atoms with E-state index in [0.717, 1.165) is 10.4 Å². The first kappa shape index (κ1) is 12.0. The van der Waals surface area contributed by atoms with Gasteiger partial charge in [0.1, 0.15) is 0 Å². The van der Waals surface area contributed by atoms with Crippen LogP contribution in [0.15, 0.2) is 60.7 Å². The fourth-order valence-electron chi connectivity index (χ4n) is 1.85. The molecule has 0 atom stereocenters. The minimum Gasteiger partial charge on any atom is -0.387 e. The largest absolute Gasteiger partial charge is 0.438 e. The predicted molar refractivity (Wildman–Crippen MR) is 70.2 cm³/mol. The van der Waals surface area contributed by atoms with Crippen LogP contribution in [0, 0.1) is 0 Å². The van der Waals surface area contributed by atoms with Crippen LogP contribution in [-0.4, -0.2) is 15.2 Å². The lowest BCUT2D eigenvalue weighted by atomic mass is 10.4. The highest BCUT2D eigenvalue weighted by Crippen LogP contribution is 2.04. The summed E-state index contributed by atoms with van der Waals surface area (Å²) in [4.78, 5) is 13.0. The molecule has 0 fully saturated rings. The van der Waals surface area contributed by atoms with Crippen LogP contribution in [-0.2, 0) is 9.22 Å². The molecule has 0 aliphatic heterocycles. The van der Waals surface area contributed by atoms with Crippen molar-refractivity contribution in [1.82, 2.24) is 0 Å². The first-order valence-corrected chi connectivity index (χ1v) is 7.54. The van der Waals surface area contributed by atoms with Crippen LogP contribution in [0.25, 0.3) is 0 Å². The molecule has 0 amide bonds. The molecule has 0 spiro atoms. The van der Waals surface area contributed by atoms with Gasteiger partial charge in [-0.05, 0) is 6.92 Å². The molecule has 1 radical (unpaired) electrons. The second-order valence-corrected chi connectivity index (χ2v) is 6.46. The van der Waals surface area contributed by atoms with E-state index in [1.165, 1.54) is 0 Å². The van der Waals surface area contributed by atoms with Crippen LogP contribution < -0.4 is 10.4 Å². The molecule has 2 aromatic rings. The fourth-order valence-corrected chi connectivity index (χ4v) is 4.19. The van der Waals surface area contributed by atoms with E-state index in [2.05, 4.69) is 0 Å². The molecule has 0 aliphatic carbocycles. The van der Waals surface area contributed by atoms with Gasteiger partial charge in [-0.2, -0.15) is 0 Å². The van der Waals surface area contributed by atoms with E-state index in [-0.39, 0.29) is 0 Å². The zero-order chi connectivity index (χ0) is 12.1. The van der Waals surface area contributed by atoms with Crippen molar-refractivity contribution in [2.24, 2.45) is 0 Å². The van der Waals surface area contributed by atoms with E-state index in [9.17, 15) is 4.80 Å². The molecule has 0 N–H and O–H groups in total. The Kier molecular flexibility index (Phi) is 3.74. The monoisotopic (exact) mass is 243 g/mol. The van der Waals surface area contributed by atoms with Gasteiger partial charge in [-0.25, -0.2) is 4.80 Å². The zero-order valence-corrected chi connectivity index (χ0v) is 10.8. The number of hydrogen-bond donors (Lipinski definition) is 0. The van der Waals surface area contributed by atoms with Gasteiger partial charge in [0.15, 0.2) is 0 Å². The second kappa shape index (κ2) is 5.27. The first-order valence-electron chi connectivity index (χ1n) is 5.73. The summed E-state index contributed by atoms with van der Waals surface area (Å²) < 4.78 is 5.58. The fraction of sp³-hybridized carbons (Fsp3) is 0.143. The quantitative estimate of drug-likeness (QED) is 0.752. The van der Waals surface area contributed by atoms with Crippen LogP contribution in [0.4, 0.5) is 0 Å². The van der Waals surface area contributed by atoms with Crippen molar-refractivity contribution in [1.29, 1.82) is 0 Å². The summed E-state index contributed by atoms with van der Waals surface area (Å²) in [5.74, 6) is 0. The number of benzene rings is 2. The van der Waals surface area contributed by atoms with Crippen LogP contribution >= 0.6 is 0 Å². The summed E-state index contributed by atoms with van der Waals surface area (Å²) in [7, 11) is -3.25. The van der Waals surface area contributed by atoms with Crippen LogP contribution in [0.1, 0.15) is 6.92 Å². The van der Waals surface area contributed by atoms with Crippen LogP contribution in [0.3, 0.4) is 0 Å². The Balaban J connectivity index is 2.47. The van der Waals surface area contributed by atoms with Gasteiger partial charge in [0.2, 0.25) is 0 Å². The molecule has 2 rings (SSSR count). The van der Waals surface area contributed by atoms with Gasteiger partial charge in [0, 0.05) is 17.0 Å². The van der Waals surface area contributed by atoms with E-state index < -0.39 is 8.56 Å². The topological polar surface area (TPSA) is 29.1 Å². The van der Waals surface area contributed by atoms with Gasteiger partial charge >= 0.3 is 8.56 Å². The summed E-state index contributed by atoms with van der Waals surface area (Å²) in [5.41, 5.74) is 0. The average molecular weight is 243 g/mol. The maximum atomic E-state index is 13.0. The van der Waals surface area contributed by atoms with Crippen LogP contribution in [0.5, 0.6) is 0 Å². The normalized spacial score (nSPS) is 11.4. The van der Waals surface area contributed by atoms with Gasteiger partial charge in [0.05, 0.1) is 0 Å². The van der Waals surface area contributed by atoms with Gasteiger partial charge in [-0.1, -0.05) is 60.7 Å². The lowest BCUT2D eigenvalue weighted by molar-refractivity contribution is 0.236. The molecule has 0 saturated carbocycles. The Labute approximate surface area is 103 Å². The smallest absolute Gasteiger partial charge is 0.387 e. The van der Waals surface area contributed by atoms with E-state index in [4.69, 9.17) is 4.43 Å². The van der Waals surface area contributed by atoms with Gasteiger partial charge in [0.25, 0.3) is 0 Å². The van der Waals surface area contributed by atoms with Crippen molar-refractivity contribution in [2.75, 3.05) is 6.61 Å². The lowest BCUT2D eigenvalue weighted by Crippen LogP contribution is -2.60. The Morgan fingerprint density at radius 3 is 1.65 bits per heavy atom. The standard InChI is InChI=1S/C14H15O2Si/c1-2-16-17(15,13-9-5-3-6-10-13)14-11-7-4-8-12-14/h3-12H,2H2,1H3. The van der Waals surface area contributed by atoms with Crippen molar-refractivity contribution in [3.05, 3.63) is 60.7 Å². The van der Waals surface area contributed by atoms with Gasteiger partial charge in [-0.3, -0.25) is 0 Å². The Hall–Kier alpha value is -1.42. The Morgan fingerprint density at radius 2 is 1.29 bits per heavy atom. The lowest BCUT2D eigenvalue weighted by Gasteiger charge is -2.22. The average Bonchev–Trinajstić information content (AvgIpc) is 2.41. The first-order chi connectivity index (χ1) is 8.27. The number of hydrogen-bond acceptors (Lipinski definition) is 1. The third-order valence-electron chi connectivity index (χ3n) is 2.66. The predicted octanol–water partition coefficient (Wildman–Crippen LogP) is 1.71. The molecule has 2 nitrogen and oxygen atoms in total. The molecule has 0 aliphatic rings. The summed E-state index contributed by atoms with van der Waals surface area (Å²) in [6.45, 7) is 2.31. The molecule has 0 unspecified atom stereocenters. The molecular weight excluding hydrogens is 228 g/mol. The zero-order valence-electron chi connectivity index (χ0n) is 9.80. The molecule has 0 heterocycles. The third kappa shape index (κ3) is 2.47. The SMILES string of the molecule is CCO[Si]([O])(c1ccccc1)c1ccccc1. The minimum absolute atomic E-state index is 0.444. The summed E-state index contributed by atoms with van der Waals surface area (Å²) in [6, 6.07) is 18.8. The highest BCUT2D eigenvalue weighted by molar-refractivity contribution is 6.91. The molecule has 87 valence electrons. The highest BCUT2D eigenvalue weighted by atomic mass is 28.4. The van der Waals surface area contributed by atoms with Crippen molar-refractivity contribution < 1.29 is 9.22 Å².